The highest BCUT2D eigenvalue weighted by atomic mass is 35.5. The van der Waals surface area contributed by atoms with Crippen LogP contribution >= 0.6 is 23.4 Å². The minimum absolute atomic E-state index is 0.165. The summed E-state index contributed by atoms with van der Waals surface area (Å²) < 4.78 is 5.02. The van der Waals surface area contributed by atoms with Crippen LogP contribution in [0.4, 0.5) is 4.79 Å². The first kappa shape index (κ1) is 15.9. The van der Waals surface area contributed by atoms with Gasteiger partial charge in [0.1, 0.15) is 12.6 Å². The molecule has 0 radical (unpaired) electrons. The summed E-state index contributed by atoms with van der Waals surface area (Å²) in [6.45, 7) is 0.165. The molecule has 0 saturated heterocycles. The summed E-state index contributed by atoms with van der Waals surface area (Å²) in [5, 5.41) is 1.89. The van der Waals surface area contributed by atoms with E-state index in [0.717, 1.165) is 11.3 Å². The monoisotopic (exact) mass is 301 g/mol. The van der Waals surface area contributed by atoms with Gasteiger partial charge in [-0.3, -0.25) is 4.79 Å². The molecule has 1 rings (SSSR count). The number of alkyl carbamates (subject to hydrolysis) is 1. The van der Waals surface area contributed by atoms with Crippen molar-refractivity contribution in [1.29, 1.82) is 0 Å². The maximum atomic E-state index is 11.5. The Hall–Kier alpha value is -1.20. The Morgan fingerprint density at radius 1 is 1.37 bits per heavy atom. The molecule has 1 amide bonds. The number of ether oxygens (including phenoxy) is 1. The van der Waals surface area contributed by atoms with Crippen LogP contribution in [0.3, 0.4) is 0 Å². The molecule has 0 unspecified atom stereocenters. The van der Waals surface area contributed by atoms with Crippen LogP contribution in [0.5, 0.6) is 0 Å². The number of amides is 1. The van der Waals surface area contributed by atoms with Crippen molar-refractivity contribution in [3.8, 4) is 0 Å². The van der Waals surface area contributed by atoms with E-state index in [-0.39, 0.29) is 6.61 Å². The van der Waals surface area contributed by atoms with Crippen molar-refractivity contribution >= 4 is 34.7 Å². The van der Waals surface area contributed by atoms with Gasteiger partial charge in [0, 0.05) is 0 Å². The molecule has 0 aliphatic carbocycles. The highest BCUT2D eigenvalue weighted by Gasteiger charge is 2.19. The van der Waals surface area contributed by atoms with Crippen molar-refractivity contribution < 1.29 is 14.3 Å². The molecule has 0 spiro atoms. The molecular formula is C13H16ClNO3S. The summed E-state index contributed by atoms with van der Waals surface area (Å²) in [6, 6.07) is 8.61. The van der Waals surface area contributed by atoms with E-state index < -0.39 is 17.4 Å². The second-order valence-electron chi connectivity index (χ2n) is 3.84. The van der Waals surface area contributed by atoms with E-state index in [1.54, 1.807) is 11.8 Å². The summed E-state index contributed by atoms with van der Waals surface area (Å²) in [5.41, 5.74) is 0.885. The quantitative estimate of drug-likeness (QED) is 0.787. The second kappa shape index (κ2) is 8.82. The van der Waals surface area contributed by atoms with Gasteiger partial charge in [-0.15, -0.1) is 0 Å². The van der Waals surface area contributed by atoms with Gasteiger partial charge in [0.2, 0.25) is 5.24 Å². The number of hydrogen-bond acceptors (Lipinski definition) is 4. The fraction of sp³-hybridized carbons (Fsp3) is 0.385. The van der Waals surface area contributed by atoms with Gasteiger partial charge < -0.3 is 10.1 Å². The highest BCUT2D eigenvalue weighted by molar-refractivity contribution is 7.98. The molecule has 0 saturated carbocycles. The van der Waals surface area contributed by atoms with Gasteiger partial charge in [-0.05, 0) is 35.6 Å². The predicted molar refractivity (Wildman–Crippen MR) is 77.4 cm³/mol. The van der Waals surface area contributed by atoms with E-state index in [1.807, 2.05) is 36.6 Å². The van der Waals surface area contributed by atoms with Crippen LogP contribution in [0, 0.1) is 0 Å². The number of carbonyl (C=O) groups excluding carboxylic acids is 2. The van der Waals surface area contributed by atoms with Gasteiger partial charge in [-0.25, -0.2) is 4.79 Å². The smallest absolute Gasteiger partial charge is 0.408 e. The maximum absolute atomic E-state index is 11.5. The fourth-order valence-electron chi connectivity index (χ4n) is 1.39. The lowest BCUT2D eigenvalue weighted by molar-refractivity contribution is -0.113. The van der Waals surface area contributed by atoms with Crippen molar-refractivity contribution in [1.82, 2.24) is 5.32 Å². The molecule has 0 bridgehead atoms. The summed E-state index contributed by atoms with van der Waals surface area (Å²) in [7, 11) is 0. The molecule has 0 aromatic heterocycles. The van der Waals surface area contributed by atoms with E-state index in [0.29, 0.717) is 6.42 Å². The number of thioether (sulfide) groups is 1. The van der Waals surface area contributed by atoms with Crippen molar-refractivity contribution in [2.45, 2.75) is 19.1 Å². The van der Waals surface area contributed by atoms with Crippen molar-refractivity contribution in [3.63, 3.8) is 0 Å². The Labute approximate surface area is 121 Å². The highest BCUT2D eigenvalue weighted by Crippen LogP contribution is 2.05. The molecular weight excluding hydrogens is 286 g/mol. The number of halogens is 1. The number of nitrogens with one attached hydrogen (secondary N) is 1. The molecule has 104 valence electrons. The Kier molecular flexibility index (Phi) is 7.36. The third-order valence-electron chi connectivity index (χ3n) is 2.39. The molecule has 1 atom stereocenters. The van der Waals surface area contributed by atoms with E-state index in [2.05, 4.69) is 5.32 Å². The van der Waals surface area contributed by atoms with Gasteiger partial charge in [-0.2, -0.15) is 11.8 Å². The molecule has 0 aliphatic heterocycles. The zero-order chi connectivity index (χ0) is 14.1. The molecule has 1 N–H and O–H groups in total. The van der Waals surface area contributed by atoms with E-state index >= 15 is 0 Å². The minimum atomic E-state index is -0.697. The summed E-state index contributed by atoms with van der Waals surface area (Å²) >= 11 is 7.00. The second-order valence-corrected chi connectivity index (χ2v) is 5.20. The topological polar surface area (TPSA) is 55.4 Å². The van der Waals surface area contributed by atoms with Crippen molar-refractivity contribution in [2.75, 3.05) is 12.0 Å². The average molecular weight is 302 g/mol. The van der Waals surface area contributed by atoms with Crippen LogP contribution in [0.25, 0.3) is 0 Å². The molecule has 0 fully saturated rings. The van der Waals surface area contributed by atoms with Gasteiger partial charge in [0.05, 0.1) is 0 Å². The van der Waals surface area contributed by atoms with Crippen LogP contribution in [-0.2, 0) is 16.1 Å². The standard InChI is InChI=1S/C13H16ClNO3S/c1-19-8-7-11(12(14)16)15-13(17)18-9-10-5-3-2-4-6-10/h2-6,11H,7-9H2,1H3,(H,15,17)/t11-/m0/s1. The maximum Gasteiger partial charge on any atom is 0.408 e. The van der Waals surface area contributed by atoms with Gasteiger partial charge >= 0.3 is 6.09 Å². The molecule has 19 heavy (non-hydrogen) atoms. The summed E-state index contributed by atoms with van der Waals surface area (Å²) in [6.07, 6.45) is 1.77. The fourth-order valence-corrected chi connectivity index (χ4v) is 2.02. The first-order valence-corrected chi connectivity index (χ1v) is 7.56. The van der Waals surface area contributed by atoms with Crippen LogP contribution < -0.4 is 5.32 Å². The first-order chi connectivity index (χ1) is 9.13. The lowest BCUT2D eigenvalue weighted by atomic mass is 10.2. The Bertz CT molecular complexity index is 414. The molecule has 0 heterocycles. The number of carbonyl (C=O) groups is 2. The van der Waals surface area contributed by atoms with E-state index in [9.17, 15) is 9.59 Å². The zero-order valence-electron chi connectivity index (χ0n) is 10.6. The Morgan fingerprint density at radius 2 is 2.05 bits per heavy atom. The van der Waals surface area contributed by atoms with Gasteiger partial charge in [-0.1, -0.05) is 30.3 Å². The first-order valence-electron chi connectivity index (χ1n) is 5.79. The van der Waals surface area contributed by atoms with Crippen LogP contribution in [0.2, 0.25) is 0 Å². The third kappa shape index (κ3) is 6.50. The van der Waals surface area contributed by atoms with Crippen molar-refractivity contribution in [2.24, 2.45) is 0 Å². The molecule has 6 heteroatoms. The van der Waals surface area contributed by atoms with Gasteiger partial charge in [0.15, 0.2) is 0 Å². The number of benzene rings is 1. The van der Waals surface area contributed by atoms with Crippen LogP contribution in [0.1, 0.15) is 12.0 Å². The Morgan fingerprint density at radius 3 is 2.63 bits per heavy atom. The number of rotatable bonds is 7. The molecule has 0 aliphatic rings. The van der Waals surface area contributed by atoms with E-state index in [4.69, 9.17) is 16.3 Å². The lowest BCUT2D eigenvalue weighted by Gasteiger charge is -2.14. The number of hydrogen-bond donors (Lipinski definition) is 1. The summed E-state index contributed by atoms with van der Waals surface area (Å²) in [4.78, 5) is 22.7. The lowest BCUT2D eigenvalue weighted by Crippen LogP contribution is -2.39. The summed E-state index contributed by atoms with van der Waals surface area (Å²) in [5.74, 6) is 0.738. The third-order valence-corrected chi connectivity index (χ3v) is 3.30. The predicted octanol–water partition coefficient (Wildman–Crippen LogP) is 2.80. The Balaban J connectivity index is 2.38. The molecule has 1 aromatic rings. The van der Waals surface area contributed by atoms with Crippen LogP contribution in [-0.4, -0.2) is 29.4 Å². The van der Waals surface area contributed by atoms with Gasteiger partial charge in [0.25, 0.3) is 0 Å². The largest absolute Gasteiger partial charge is 0.445 e. The van der Waals surface area contributed by atoms with Crippen LogP contribution in [0.15, 0.2) is 30.3 Å². The molecule has 4 nitrogen and oxygen atoms in total. The normalized spacial score (nSPS) is 11.7. The minimum Gasteiger partial charge on any atom is -0.445 e. The SMILES string of the molecule is CSCC[C@H](NC(=O)OCc1ccccc1)C(=O)Cl. The average Bonchev–Trinajstić information content (AvgIpc) is 2.42. The molecule has 1 aromatic carbocycles. The van der Waals surface area contributed by atoms with Crippen molar-refractivity contribution in [3.05, 3.63) is 35.9 Å². The zero-order valence-corrected chi connectivity index (χ0v) is 12.2. The van der Waals surface area contributed by atoms with E-state index in [1.165, 1.54) is 0 Å².